The van der Waals surface area contributed by atoms with Crippen LogP contribution in [0.5, 0.6) is 0 Å². The van der Waals surface area contributed by atoms with Gasteiger partial charge in [-0.15, -0.1) is 0 Å². The Kier molecular flexibility index (Phi) is 6.01. The lowest BCUT2D eigenvalue weighted by Crippen LogP contribution is -2.38. The van der Waals surface area contributed by atoms with E-state index in [1.165, 1.54) is 7.11 Å². The molecule has 35 heavy (non-hydrogen) atoms. The molecule has 5 rings (SSSR count). The van der Waals surface area contributed by atoms with Gasteiger partial charge in [0.2, 0.25) is 5.91 Å². The molecule has 3 heterocycles. The Labute approximate surface area is 202 Å². The van der Waals surface area contributed by atoms with Gasteiger partial charge in [-0.05, 0) is 53.4 Å². The van der Waals surface area contributed by atoms with E-state index in [1.807, 2.05) is 41.1 Å². The monoisotopic (exact) mass is 468 g/mol. The summed E-state index contributed by atoms with van der Waals surface area (Å²) in [7, 11) is 1.33. The fraction of sp³-hybridized carbons (Fsp3) is 0.185. The molecule has 176 valence electrons. The number of anilines is 1. The molecular weight excluding hydrogens is 444 g/mol. The van der Waals surface area contributed by atoms with E-state index < -0.39 is 5.97 Å². The molecule has 0 fully saturated rings. The second-order valence-electron chi connectivity index (χ2n) is 8.41. The maximum Gasteiger partial charge on any atom is 0.337 e. The molecule has 0 unspecified atom stereocenters. The zero-order chi connectivity index (χ0) is 24.4. The Hall–Kier alpha value is -4.46. The van der Waals surface area contributed by atoms with Gasteiger partial charge in [0.25, 0.3) is 5.91 Å². The number of carbonyl (C=O) groups is 3. The summed E-state index contributed by atoms with van der Waals surface area (Å²) in [6, 6.07) is 16.2. The zero-order valence-corrected chi connectivity index (χ0v) is 19.2. The summed E-state index contributed by atoms with van der Waals surface area (Å²) in [6.07, 6.45) is 6.27. The van der Waals surface area contributed by atoms with Crippen LogP contribution in [-0.2, 0) is 28.9 Å². The largest absolute Gasteiger partial charge is 0.465 e. The van der Waals surface area contributed by atoms with Crippen molar-refractivity contribution in [3.8, 4) is 0 Å². The number of rotatable bonds is 5. The summed E-state index contributed by atoms with van der Waals surface area (Å²) in [6.45, 7) is 0.954. The second kappa shape index (κ2) is 9.42. The van der Waals surface area contributed by atoms with Gasteiger partial charge in [-0.25, -0.2) is 9.78 Å². The molecule has 0 atom stereocenters. The summed E-state index contributed by atoms with van der Waals surface area (Å²) in [4.78, 5) is 44.0. The molecule has 2 amide bonds. The van der Waals surface area contributed by atoms with Crippen molar-refractivity contribution >= 4 is 29.1 Å². The lowest BCUT2D eigenvalue weighted by molar-refractivity contribution is -0.131. The van der Waals surface area contributed by atoms with Gasteiger partial charge in [0, 0.05) is 37.2 Å². The number of aromatic nitrogens is 2. The number of nitrogens with zero attached hydrogens (tertiary/aromatic N) is 3. The molecule has 8 heteroatoms. The van der Waals surface area contributed by atoms with Crippen molar-refractivity contribution in [2.75, 3.05) is 19.0 Å². The van der Waals surface area contributed by atoms with Crippen LogP contribution in [0.4, 0.5) is 5.69 Å². The Bertz CT molecular complexity index is 1420. The van der Waals surface area contributed by atoms with Crippen molar-refractivity contribution < 1.29 is 19.1 Å². The Morgan fingerprint density at radius 3 is 2.66 bits per heavy atom. The molecule has 2 aromatic heterocycles. The summed E-state index contributed by atoms with van der Waals surface area (Å²) in [5.74, 6) is -0.671. The van der Waals surface area contributed by atoms with Crippen molar-refractivity contribution in [3.63, 3.8) is 0 Å². The van der Waals surface area contributed by atoms with Gasteiger partial charge in [0.05, 0.1) is 24.8 Å². The Morgan fingerprint density at radius 2 is 1.86 bits per heavy atom. The smallest absolute Gasteiger partial charge is 0.337 e. The van der Waals surface area contributed by atoms with E-state index in [9.17, 15) is 14.4 Å². The summed E-state index contributed by atoms with van der Waals surface area (Å²) in [5, 5.41) is 2.98. The van der Waals surface area contributed by atoms with E-state index >= 15 is 0 Å². The summed E-state index contributed by atoms with van der Waals surface area (Å²) >= 11 is 0. The quantitative estimate of drug-likeness (QED) is 0.453. The minimum absolute atomic E-state index is 0.0289. The van der Waals surface area contributed by atoms with E-state index in [0.717, 1.165) is 16.7 Å². The van der Waals surface area contributed by atoms with Crippen molar-refractivity contribution in [2.24, 2.45) is 0 Å². The standard InChI is InChI=1S/C27H24N4O4/c1-35-27(34)20-9-7-18(8-10-20)16-24(32)31-14-11-19-4-2-5-21(22(19)17-31)26(33)29-23-6-3-13-30-15-12-28-25(23)30/h2-10,12-13,15H,11,14,16-17H2,1H3,(H,29,33). The predicted octanol–water partition coefficient (Wildman–Crippen LogP) is 3.50. The van der Waals surface area contributed by atoms with Crippen molar-refractivity contribution in [1.29, 1.82) is 0 Å². The number of esters is 1. The van der Waals surface area contributed by atoms with Crippen LogP contribution in [0.25, 0.3) is 5.65 Å². The van der Waals surface area contributed by atoms with E-state index in [0.29, 0.717) is 42.0 Å². The topological polar surface area (TPSA) is 93.0 Å². The fourth-order valence-corrected chi connectivity index (χ4v) is 4.41. The second-order valence-corrected chi connectivity index (χ2v) is 8.41. The van der Waals surface area contributed by atoms with E-state index in [2.05, 4.69) is 10.3 Å². The minimum Gasteiger partial charge on any atom is -0.465 e. The number of pyridine rings is 1. The van der Waals surface area contributed by atoms with Crippen LogP contribution in [0.1, 0.15) is 37.4 Å². The highest BCUT2D eigenvalue weighted by molar-refractivity contribution is 6.07. The van der Waals surface area contributed by atoms with E-state index in [4.69, 9.17) is 4.74 Å². The number of ether oxygens (including phenoxy) is 1. The Morgan fingerprint density at radius 1 is 1.03 bits per heavy atom. The van der Waals surface area contributed by atoms with Gasteiger partial charge in [-0.2, -0.15) is 0 Å². The number of methoxy groups -OCH3 is 1. The SMILES string of the molecule is COC(=O)c1ccc(CC(=O)N2CCc3cccc(C(=O)Nc4cccn5ccnc45)c3C2)cc1. The number of imidazole rings is 1. The normalized spacial score (nSPS) is 12.8. The Balaban J connectivity index is 1.32. The molecule has 0 aliphatic carbocycles. The molecule has 0 bridgehead atoms. The molecule has 1 aliphatic heterocycles. The van der Waals surface area contributed by atoms with Gasteiger partial charge in [0.15, 0.2) is 5.65 Å². The zero-order valence-electron chi connectivity index (χ0n) is 19.2. The molecule has 0 saturated heterocycles. The molecule has 2 aromatic carbocycles. The maximum absolute atomic E-state index is 13.2. The lowest BCUT2D eigenvalue weighted by atomic mass is 9.94. The number of benzene rings is 2. The van der Waals surface area contributed by atoms with Crippen LogP contribution < -0.4 is 5.32 Å². The summed E-state index contributed by atoms with van der Waals surface area (Å²) in [5.41, 5.74) is 5.03. The molecule has 1 N–H and O–H groups in total. The first-order valence-corrected chi connectivity index (χ1v) is 11.3. The summed E-state index contributed by atoms with van der Waals surface area (Å²) < 4.78 is 6.56. The van der Waals surface area contributed by atoms with Crippen LogP contribution in [-0.4, -0.2) is 45.7 Å². The highest BCUT2D eigenvalue weighted by Gasteiger charge is 2.25. The first-order chi connectivity index (χ1) is 17.0. The van der Waals surface area contributed by atoms with Gasteiger partial charge in [0.1, 0.15) is 0 Å². The lowest BCUT2D eigenvalue weighted by Gasteiger charge is -2.30. The molecular formula is C27H24N4O4. The van der Waals surface area contributed by atoms with Gasteiger partial charge >= 0.3 is 5.97 Å². The predicted molar refractivity (Wildman–Crippen MR) is 130 cm³/mol. The third-order valence-electron chi connectivity index (χ3n) is 6.27. The van der Waals surface area contributed by atoms with Gasteiger partial charge < -0.3 is 19.4 Å². The van der Waals surface area contributed by atoms with Gasteiger partial charge in [-0.3, -0.25) is 9.59 Å². The first kappa shape index (κ1) is 22.3. The van der Waals surface area contributed by atoms with Crippen LogP contribution in [0.15, 0.2) is 73.2 Å². The average molecular weight is 469 g/mol. The minimum atomic E-state index is -0.412. The fourth-order valence-electron chi connectivity index (χ4n) is 4.41. The van der Waals surface area contributed by atoms with Crippen LogP contribution >= 0.6 is 0 Å². The first-order valence-electron chi connectivity index (χ1n) is 11.3. The van der Waals surface area contributed by atoms with Crippen molar-refractivity contribution in [3.05, 3.63) is 101 Å². The van der Waals surface area contributed by atoms with E-state index in [1.54, 1.807) is 41.4 Å². The number of hydrogen-bond donors (Lipinski definition) is 1. The maximum atomic E-state index is 13.2. The molecule has 8 nitrogen and oxygen atoms in total. The highest BCUT2D eigenvalue weighted by Crippen LogP contribution is 2.25. The van der Waals surface area contributed by atoms with E-state index in [-0.39, 0.29) is 18.2 Å². The number of fused-ring (bicyclic) bond motifs is 2. The van der Waals surface area contributed by atoms with Crippen molar-refractivity contribution in [1.82, 2.24) is 14.3 Å². The molecule has 0 spiro atoms. The number of hydrogen-bond acceptors (Lipinski definition) is 5. The number of carbonyl (C=O) groups excluding carboxylic acids is 3. The third-order valence-corrected chi connectivity index (χ3v) is 6.27. The third kappa shape index (κ3) is 4.50. The number of amides is 2. The molecule has 1 aliphatic rings. The van der Waals surface area contributed by atoms with Crippen LogP contribution in [0, 0.1) is 0 Å². The highest BCUT2D eigenvalue weighted by atomic mass is 16.5. The molecule has 4 aromatic rings. The van der Waals surface area contributed by atoms with Crippen LogP contribution in [0.3, 0.4) is 0 Å². The number of nitrogens with one attached hydrogen (secondary N) is 1. The molecule has 0 saturated carbocycles. The average Bonchev–Trinajstić information content (AvgIpc) is 3.38. The van der Waals surface area contributed by atoms with Crippen molar-refractivity contribution in [2.45, 2.75) is 19.4 Å². The molecule has 0 radical (unpaired) electrons. The van der Waals surface area contributed by atoms with Crippen LogP contribution in [0.2, 0.25) is 0 Å². The van der Waals surface area contributed by atoms with Gasteiger partial charge in [-0.1, -0.05) is 24.3 Å².